The number of aliphatic hydroxyl groups is 1. The summed E-state index contributed by atoms with van der Waals surface area (Å²) < 4.78 is 0. The molecule has 0 aliphatic rings. The summed E-state index contributed by atoms with van der Waals surface area (Å²) in [5, 5.41) is 18.5. The third kappa shape index (κ3) is 3.07. The lowest BCUT2D eigenvalue weighted by Crippen LogP contribution is -2.08. The zero-order valence-electron chi connectivity index (χ0n) is 9.27. The molecule has 1 aromatic rings. The van der Waals surface area contributed by atoms with E-state index in [2.05, 4.69) is 13.0 Å². The van der Waals surface area contributed by atoms with Crippen molar-refractivity contribution >= 4 is 0 Å². The van der Waals surface area contributed by atoms with Gasteiger partial charge >= 0.3 is 0 Å². The number of hydrogen-bond acceptors (Lipinski definition) is 2. The van der Waals surface area contributed by atoms with Crippen LogP contribution in [0.25, 0.3) is 0 Å². The maximum atomic E-state index is 9.93. The Balaban J connectivity index is 2.74. The van der Waals surface area contributed by atoms with E-state index in [0.717, 1.165) is 12.0 Å². The molecule has 2 heteroatoms. The Morgan fingerprint density at radius 1 is 1.33 bits per heavy atom. The van der Waals surface area contributed by atoms with E-state index < -0.39 is 6.10 Å². The quantitative estimate of drug-likeness (QED) is 0.817. The second-order valence-electron chi connectivity index (χ2n) is 3.88. The van der Waals surface area contributed by atoms with Crippen LogP contribution in [0.4, 0.5) is 0 Å². The van der Waals surface area contributed by atoms with E-state index >= 15 is 0 Å². The predicted molar refractivity (Wildman–Crippen MR) is 60.2 cm³/mol. The lowest BCUT2D eigenvalue weighted by atomic mass is 9.94. The fraction of sp³-hybridized carbons (Fsp3) is 0.462. The Morgan fingerprint density at radius 3 is 2.40 bits per heavy atom. The molecule has 0 radical (unpaired) electrons. The molecule has 1 rings (SSSR count). The molecule has 0 fully saturated rings. The Morgan fingerprint density at radius 2 is 1.93 bits per heavy atom. The van der Waals surface area contributed by atoms with Crippen LogP contribution in [0, 0.1) is 17.2 Å². The highest BCUT2D eigenvalue weighted by Gasteiger charge is 2.15. The molecular formula is C13H17NO. The van der Waals surface area contributed by atoms with Crippen LogP contribution in [-0.2, 0) is 6.42 Å². The van der Waals surface area contributed by atoms with Gasteiger partial charge in [-0.3, -0.25) is 0 Å². The highest BCUT2D eigenvalue weighted by Crippen LogP contribution is 2.24. The molecule has 0 bridgehead atoms. The maximum Gasteiger partial charge on any atom is 0.0825 e. The molecule has 0 aliphatic heterocycles. The van der Waals surface area contributed by atoms with E-state index in [4.69, 9.17) is 5.26 Å². The minimum atomic E-state index is -0.532. The summed E-state index contributed by atoms with van der Waals surface area (Å²) in [4.78, 5) is 0. The molecule has 0 aliphatic carbocycles. The van der Waals surface area contributed by atoms with Gasteiger partial charge in [-0.1, -0.05) is 38.1 Å². The van der Waals surface area contributed by atoms with E-state index in [-0.39, 0.29) is 5.92 Å². The topological polar surface area (TPSA) is 44.0 Å². The lowest BCUT2D eigenvalue weighted by molar-refractivity contribution is 0.120. The first-order chi connectivity index (χ1) is 7.19. The molecule has 1 N–H and O–H groups in total. The van der Waals surface area contributed by atoms with Crippen molar-refractivity contribution in [1.29, 1.82) is 5.26 Å². The van der Waals surface area contributed by atoms with Crippen molar-refractivity contribution in [3.63, 3.8) is 0 Å². The van der Waals surface area contributed by atoms with Gasteiger partial charge in [-0.15, -0.1) is 0 Å². The molecular weight excluding hydrogens is 186 g/mol. The number of aliphatic hydroxyl groups excluding tert-OH is 1. The fourth-order valence-corrected chi connectivity index (χ4v) is 1.53. The number of hydrogen-bond donors (Lipinski definition) is 1. The van der Waals surface area contributed by atoms with Crippen molar-refractivity contribution in [3.05, 3.63) is 35.4 Å². The first-order valence-electron chi connectivity index (χ1n) is 5.32. The monoisotopic (exact) mass is 203 g/mol. The van der Waals surface area contributed by atoms with Crippen molar-refractivity contribution in [2.24, 2.45) is 5.92 Å². The van der Waals surface area contributed by atoms with Gasteiger partial charge in [-0.05, 0) is 23.5 Å². The van der Waals surface area contributed by atoms with Crippen LogP contribution in [0.15, 0.2) is 24.3 Å². The van der Waals surface area contributed by atoms with Crippen LogP contribution in [-0.4, -0.2) is 5.11 Å². The van der Waals surface area contributed by atoms with E-state index in [9.17, 15) is 5.11 Å². The summed E-state index contributed by atoms with van der Waals surface area (Å²) in [7, 11) is 0. The summed E-state index contributed by atoms with van der Waals surface area (Å²) >= 11 is 0. The molecule has 0 saturated heterocycles. The number of aryl methyl sites for hydroxylation is 1. The highest BCUT2D eigenvalue weighted by molar-refractivity contribution is 5.24. The van der Waals surface area contributed by atoms with Crippen molar-refractivity contribution in [1.82, 2.24) is 0 Å². The van der Waals surface area contributed by atoms with Gasteiger partial charge in [-0.2, -0.15) is 5.26 Å². The SMILES string of the molecule is CCc1ccc(C(O)C(C)CC#N)cc1. The minimum Gasteiger partial charge on any atom is -0.388 e. The first kappa shape index (κ1) is 11.7. The van der Waals surface area contributed by atoms with Crippen molar-refractivity contribution in [2.45, 2.75) is 32.8 Å². The normalized spacial score (nSPS) is 14.3. The molecule has 0 aromatic heterocycles. The van der Waals surface area contributed by atoms with Gasteiger partial charge in [0.05, 0.1) is 12.2 Å². The predicted octanol–water partition coefficient (Wildman–Crippen LogP) is 2.83. The number of benzene rings is 1. The summed E-state index contributed by atoms with van der Waals surface area (Å²) in [6.07, 6.45) is 0.858. The summed E-state index contributed by atoms with van der Waals surface area (Å²) in [5.74, 6) is -0.0116. The van der Waals surface area contributed by atoms with Gasteiger partial charge < -0.3 is 5.11 Å². The summed E-state index contributed by atoms with van der Waals surface area (Å²) in [5.41, 5.74) is 2.16. The van der Waals surface area contributed by atoms with Gasteiger partial charge in [0.15, 0.2) is 0 Å². The van der Waals surface area contributed by atoms with Crippen LogP contribution in [0.3, 0.4) is 0 Å². The van der Waals surface area contributed by atoms with E-state index in [1.807, 2.05) is 31.2 Å². The molecule has 0 heterocycles. The van der Waals surface area contributed by atoms with E-state index in [1.54, 1.807) is 0 Å². The molecule has 2 atom stereocenters. The van der Waals surface area contributed by atoms with E-state index in [1.165, 1.54) is 5.56 Å². The second kappa shape index (κ2) is 5.53. The average molecular weight is 203 g/mol. The molecule has 15 heavy (non-hydrogen) atoms. The van der Waals surface area contributed by atoms with Crippen LogP contribution < -0.4 is 0 Å². The number of rotatable bonds is 4. The second-order valence-corrected chi connectivity index (χ2v) is 3.88. The Labute approximate surface area is 91.2 Å². The van der Waals surface area contributed by atoms with E-state index in [0.29, 0.717) is 6.42 Å². The van der Waals surface area contributed by atoms with Crippen molar-refractivity contribution < 1.29 is 5.11 Å². The van der Waals surface area contributed by atoms with Gasteiger partial charge in [-0.25, -0.2) is 0 Å². The van der Waals surface area contributed by atoms with Gasteiger partial charge in [0.1, 0.15) is 0 Å². The molecule has 0 spiro atoms. The number of nitrogens with zero attached hydrogens (tertiary/aromatic N) is 1. The fourth-order valence-electron chi connectivity index (χ4n) is 1.53. The molecule has 80 valence electrons. The summed E-state index contributed by atoms with van der Waals surface area (Å²) in [6, 6.07) is 10.0. The number of nitriles is 1. The third-order valence-corrected chi connectivity index (χ3v) is 2.68. The molecule has 2 nitrogen and oxygen atoms in total. The largest absolute Gasteiger partial charge is 0.388 e. The standard InChI is InChI=1S/C13H17NO/c1-3-11-4-6-12(7-5-11)13(15)10(2)8-9-14/h4-7,10,13,15H,3,8H2,1-2H3. The average Bonchev–Trinajstić information content (AvgIpc) is 2.28. The van der Waals surface area contributed by atoms with Gasteiger partial charge in [0.25, 0.3) is 0 Å². The van der Waals surface area contributed by atoms with Crippen LogP contribution in [0.1, 0.15) is 37.5 Å². The molecule has 1 aromatic carbocycles. The highest BCUT2D eigenvalue weighted by atomic mass is 16.3. The minimum absolute atomic E-state index is 0.0116. The molecule has 0 saturated carbocycles. The van der Waals surface area contributed by atoms with Crippen LogP contribution in [0.2, 0.25) is 0 Å². The molecule has 0 amide bonds. The zero-order valence-corrected chi connectivity index (χ0v) is 9.27. The maximum absolute atomic E-state index is 9.93. The van der Waals surface area contributed by atoms with Crippen LogP contribution in [0.5, 0.6) is 0 Å². The smallest absolute Gasteiger partial charge is 0.0825 e. The Kier molecular flexibility index (Phi) is 4.33. The van der Waals surface area contributed by atoms with Gasteiger partial charge in [0, 0.05) is 6.42 Å². The first-order valence-corrected chi connectivity index (χ1v) is 5.32. The molecule has 2 unspecified atom stereocenters. The Hall–Kier alpha value is -1.33. The van der Waals surface area contributed by atoms with Crippen LogP contribution >= 0.6 is 0 Å². The summed E-state index contributed by atoms with van der Waals surface area (Å²) in [6.45, 7) is 3.99. The third-order valence-electron chi connectivity index (χ3n) is 2.68. The zero-order chi connectivity index (χ0) is 11.3. The Bertz CT molecular complexity index is 337. The van der Waals surface area contributed by atoms with Crippen molar-refractivity contribution in [2.75, 3.05) is 0 Å². The lowest BCUT2D eigenvalue weighted by Gasteiger charge is -2.16. The van der Waals surface area contributed by atoms with Gasteiger partial charge in [0.2, 0.25) is 0 Å². The van der Waals surface area contributed by atoms with Crippen molar-refractivity contribution in [3.8, 4) is 6.07 Å².